The van der Waals surface area contributed by atoms with Gasteiger partial charge in [0.25, 0.3) is 0 Å². The maximum absolute atomic E-state index is 5.14. The van der Waals surface area contributed by atoms with Crippen LogP contribution in [0.2, 0.25) is 0 Å². The number of rotatable bonds is 3. The summed E-state index contributed by atoms with van der Waals surface area (Å²) in [5.74, 6) is 1.93. The summed E-state index contributed by atoms with van der Waals surface area (Å²) in [6.07, 6.45) is 7.77. The maximum atomic E-state index is 5.14. The average molecular weight is 248 g/mol. The van der Waals surface area contributed by atoms with Crippen molar-refractivity contribution >= 4 is 11.6 Å². The van der Waals surface area contributed by atoms with Gasteiger partial charge in [0, 0.05) is 20.0 Å². The van der Waals surface area contributed by atoms with Gasteiger partial charge in [-0.15, -0.1) is 0 Å². The zero-order valence-corrected chi connectivity index (χ0v) is 10.9. The molecule has 0 aliphatic rings. The lowest BCUT2D eigenvalue weighted by atomic mass is 10.4. The fourth-order valence-corrected chi connectivity index (χ4v) is 1.13. The van der Waals surface area contributed by atoms with Gasteiger partial charge in [0.15, 0.2) is 11.6 Å². The molecule has 0 aromatic carbocycles. The second-order valence-corrected chi connectivity index (χ2v) is 3.48. The lowest BCUT2D eigenvalue weighted by Gasteiger charge is -2.07. The first-order chi connectivity index (χ1) is 8.81. The molecule has 0 aliphatic carbocycles. The minimum Gasteiger partial charge on any atom is -0.493 e. The number of anilines is 2. The van der Waals surface area contributed by atoms with Crippen molar-refractivity contribution in [3.05, 3.63) is 36.9 Å². The summed E-state index contributed by atoms with van der Waals surface area (Å²) in [5.41, 5.74) is 0. The Hall–Kier alpha value is -2.17. The summed E-state index contributed by atoms with van der Waals surface area (Å²) in [6, 6.07) is 3.63. The molecule has 2 aromatic heterocycles. The highest BCUT2D eigenvalue weighted by Gasteiger charge is 2.03. The Labute approximate surface area is 109 Å². The first-order valence-corrected chi connectivity index (χ1v) is 5.83. The third-order valence-corrected chi connectivity index (χ3v) is 1.80. The van der Waals surface area contributed by atoms with E-state index in [0.29, 0.717) is 17.4 Å². The fourth-order valence-electron chi connectivity index (χ4n) is 1.13. The predicted octanol–water partition coefficient (Wildman–Crippen LogP) is 3.29. The van der Waals surface area contributed by atoms with Crippen LogP contribution in [0, 0.1) is 0 Å². The zero-order chi connectivity index (χ0) is 13.2. The molecule has 0 amide bonds. The van der Waals surface area contributed by atoms with E-state index in [4.69, 9.17) is 4.74 Å². The fraction of sp³-hybridized carbons (Fsp3) is 0.308. The Morgan fingerprint density at radius 2 is 2.00 bits per heavy atom. The summed E-state index contributed by atoms with van der Waals surface area (Å²) in [6.45, 7) is 4.25. The van der Waals surface area contributed by atoms with E-state index in [-0.39, 0.29) is 1.43 Å². The van der Waals surface area contributed by atoms with Gasteiger partial charge in [-0.2, -0.15) is 0 Å². The Morgan fingerprint density at radius 3 is 2.61 bits per heavy atom. The Bertz CT molecular complexity index is 453. The SMILES string of the molecule is CCC.COc1cccnc1Nc1cnccn1.[HH]. The Morgan fingerprint density at radius 1 is 1.22 bits per heavy atom. The van der Waals surface area contributed by atoms with E-state index >= 15 is 0 Å². The highest BCUT2D eigenvalue weighted by Crippen LogP contribution is 2.22. The standard InChI is InChI=1S/C10H10N4O.C3H8.H2/c1-15-8-3-2-4-13-10(8)14-9-7-11-5-6-12-9;1-3-2;/h2-7H,1H3,(H,12,13,14);3H2,1-2H3;1H. The van der Waals surface area contributed by atoms with E-state index in [9.17, 15) is 0 Å². The lowest BCUT2D eigenvalue weighted by Crippen LogP contribution is -1.98. The predicted molar refractivity (Wildman–Crippen MR) is 74.2 cm³/mol. The van der Waals surface area contributed by atoms with Gasteiger partial charge in [0.2, 0.25) is 0 Å². The topological polar surface area (TPSA) is 59.9 Å². The number of nitrogens with zero attached hydrogens (tertiary/aromatic N) is 3. The van der Waals surface area contributed by atoms with Gasteiger partial charge in [0.05, 0.1) is 13.3 Å². The molecule has 0 bridgehead atoms. The lowest BCUT2D eigenvalue weighted by molar-refractivity contribution is 0.415. The van der Waals surface area contributed by atoms with Gasteiger partial charge in [-0.25, -0.2) is 9.97 Å². The molecule has 2 heterocycles. The van der Waals surface area contributed by atoms with E-state index in [1.165, 1.54) is 6.42 Å². The van der Waals surface area contributed by atoms with Crippen LogP contribution in [-0.2, 0) is 0 Å². The first kappa shape index (κ1) is 13.9. The van der Waals surface area contributed by atoms with E-state index in [1.54, 1.807) is 38.0 Å². The van der Waals surface area contributed by atoms with E-state index < -0.39 is 0 Å². The molecule has 2 rings (SSSR count). The van der Waals surface area contributed by atoms with Crippen LogP contribution in [0.1, 0.15) is 21.7 Å². The molecule has 98 valence electrons. The molecule has 1 N–H and O–H groups in total. The number of methoxy groups -OCH3 is 1. The van der Waals surface area contributed by atoms with Gasteiger partial charge in [-0.1, -0.05) is 20.3 Å². The number of ether oxygens (including phenoxy) is 1. The molecule has 18 heavy (non-hydrogen) atoms. The minimum absolute atomic E-state index is 0. The van der Waals surface area contributed by atoms with Crippen LogP contribution >= 0.6 is 0 Å². The zero-order valence-electron chi connectivity index (χ0n) is 10.9. The van der Waals surface area contributed by atoms with Crippen LogP contribution in [0.5, 0.6) is 5.75 Å². The molecule has 5 nitrogen and oxygen atoms in total. The monoisotopic (exact) mass is 248 g/mol. The van der Waals surface area contributed by atoms with Gasteiger partial charge in [-0.3, -0.25) is 4.98 Å². The molecule has 0 fully saturated rings. The molecule has 0 saturated carbocycles. The molecule has 0 atom stereocenters. The molecule has 0 saturated heterocycles. The van der Waals surface area contributed by atoms with E-state index in [0.717, 1.165) is 0 Å². The number of hydrogen-bond donors (Lipinski definition) is 1. The normalized spacial score (nSPS) is 9.06. The molecule has 0 spiro atoms. The number of nitrogens with one attached hydrogen (secondary N) is 1. The Balaban J connectivity index is 0.000000742. The van der Waals surface area contributed by atoms with Crippen molar-refractivity contribution in [2.75, 3.05) is 12.4 Å². The second kappa shape index (κ2) is 8.00. The minimum atomic E-state index is 0. The summed E-state index contributed by atoms with van der Waals surface area (Å²) in [4.78, 5) is 12.2. The largest absolute Gasteiger partial charge is 0.493 e. The third-order valence-electron chi connectivity index (χ3n) is 1.80. The quantitative estimate of drug-likeness (QED) is 0.903. The first-order valence-electron chi connectivity index (χ1n) is 5.83. The van der Waals surface area contributed by atoms with Gasteiger partial charge >= 0.3 is 0 Å². The van der Waals surface area contributed by atoms with Gasteiger partial charge in [-0.05, 0) is 12.1 Å². The van der Waals surface area contributed by atoms with Crippen molar-refractivity contribution < 1.29 is 6.16 Å². The summed E-state index contributed by atoms with van der Waals surface area (Å²) < 4.78 is 5.14. The van der Waals surface area contributed by atoms with Crippen molar-refractivity contribution in [3.63, 3.8) is 0 Å². The van der Waals surface area contributed by atoms with Crippen LogP contribution in [0.15, 0.2) is 36.9 Å². The van der Waals surface area contributed by atoms with Gasteiger partial charge < -0.3 is 10.1 Å². The summed E-state index contributed by atoms with van der Waals surface area (Å²) >= 11 is 0. The van der Waals surface area contributed by atoms with Crippen molar-refractivity contribution in [1.29, 1.82) is 0 Å². The van der Waals surface area contributed by atoms with Crippen molar-refractivity contribution in [3.8, 4) is 5.75 Å². The number of hydrogen-bond acceptors (Lipinski definition) is 5. The highest BCUT2D eigenvalue weighted by atomic mass is 16.5. The van der Waals surface area contributed by atoms with Crippen molar-refractivity contribution in [1.82, 2.24) is 15.0 Å². The molecule has 5 heteroatoms. The molecule has 0 radical (unpaired) electrons. The highest BCUT2D eigenvalue weighted by molar-refractivity contribution is 5.58. The second-order valence-electron chi connectivity index (χ2n) is 3.48. The third kappa shape index (κ3) is 4.37. The molecule has 0 aliphatic heterocycles. The van der Waals surface area contributed by atoms with E-state index in [2.05, 4.69) is 34.1 Å². The summed E-state index contributed by atoms with van der Waals surface area (Å²) in [7, 11) is 1.60. The smallest absolute Gasteiger partial charge is 0.174 e. The Kier molecular flexibility index (Phi) is 6.17. The molecule has 2 aromatic rings. The van der Waals surface area contributed by atoms with Crippen LogP contribution in [0.3, 0.4) is 0 Å². The molecule has 0 unspecified atom stereocenters. The van der Waals surface area contributed by atoms with Crippen LogP contribution in [-0.4, -0.2) is 22.1 Å². The van der Waals surface area contributed by atoms with Crippen molar-refractivity contribution in [2.24, 2.45) is 0 Å². The summed E-state index contributed by atoms with van der Waals surface area (Å²) in [5, 5.41) is 3.01. The van der Waals surface area contributed by atoms with Crippen LogP contribution in [0.25, 0.3) is 0 Å². The molecular weight excluding hydrogens is 228 g/mol. The number of aromatic nitrogens is 3. The average Bonchev–Trinajstić information content (AvgIpc) is 2.41. The van der Waals surface area contributed by atoms with Crippen LogP contribution in [0.4, 0.5) is 11.6 Å². The van der Waals surface area contributed by atoms with Gasteiger partial charge in [0.1, 0.15) is 5.82 Å². The molecular formula is C13H20N4O. The van der Waals surface area contributed by atoms with Crippen LogP contribution < -0.4 is 10.1 Å². The van der Waals surface area contributed by atoms with E-state index in [1.807, 2.05) is 6.07 Å². The van der Waals surface area contributed by atoms with Crippen molar-refractivity contribution in [2.45, 2.75) is 20.3 Å². The number of pyridine rings is 1. The maximum Gasteiger partial charge on any atom is 0.174 e.